The van der Waals surface area contributed by atoms with Crippen LogP contribution in [0.5, 0.6) is 17.2 Å². The van der Waals surface area contributed by atoms with Crippen molar-refractivity contribution in [2.24, 2.45) is 22.7 Å². The van der Waals surface area contributed by atoms with Gasteiger partial charge in [0.25, 0.3) is 0 Å². The highest BCUT2D eigenvalue weighted by Gasteiger charge is 2.59. The number of hydrogen-bond donors (Lipinski definition) is 6. The monoisotopic (exact) mass is 802 g/mol. The predicted octanol–water partition coefficient (Wildman–Crippen LogP) is 5.80. The van der Waals surface area contributed by atoms with Gasteiger partial charge in [0, 0.05) is 30.2 Å². The van der Waals surface area contributed by atoms with E-state index in [1.165, 1.54) is 34.6 Å². The number of carboxylic acid groups (broad SMARTS) is 1. The molecule has 6 N–H and O–H groups in total. The van der Waals surface area contributed by atoms with Crippen molar-refractivity contribution in [3.05, 3.63) is 107 Å². The lowest BCUT2D eigenvalue weighted by Gasteiger charge is -2.49. The zero-order valence-corrected chi connectivity index (χ0v) is 32.4. The predicted molar refractivity (Wildman–Crippen MR) is 218 cm³/mol. The number of nitrogens with one attached hydrogen (secondary N) is 1. The zero-order valence-electron chi connectivity index (χ0n) is 30.8. The molecule has 7 rings (SSSR count). The maximum atomic E-state index is 12.5. The third-order valence-corrected chi connectivity index (χ3v) is 12.8. The number of hydrogen-bond acceptors (Lipinski definition) is 13. The number of ether oxygens (including phenoxy) is 4. The van der Waals surface area contributed by atoms with Crippen molar-refractivity contribution in [3.8, 4) is 17.2 Å². The number of aromatic hydroxyl groups is 1. The summed E-state index contributed by atoms with van der Waals surface area (Å²) in [5.74, 6) is 0.410. The summed E-state index contributed by atoms with van der Waals surface area (Å²) >= 11 is 0. The van der Waals surface area contributed by atoms with Crippen molar-refractivity contribution >= 4 is 51.2 Å². The van der Waals surface area contributed by atoms with Crippen LogP contribution in [-0.2, 0) is 14.3 Å². The second-order valence-electron chi connectivity index (χ2n) is 14.4. The molecule has 4 aliphatic heterocycles. The Morgan fingerprint density at radius 2 is 1.91 bits per heavy atom. The van der Waals surface area contributed by atoms with Gasteiger partial charge in [0.2, 0.25) is 6.29 Å². The number of aliphatic imine (C=N–C) groups is 1. The number of nitrogens with zero attached hydrogens (tertiary/aromatic N) is 1. The molecular formula is C42H46N2O10S2. The molecule has 0 bridgehead atoms. The Bertz CT molecular complexity index is 1970. The van der Waals surface area contributed by atoms with Gasteiger partial charge in [0.1, 0.15) is 47.8 Å². The van der Waals surface area contributed by atoms with Crippen molar-refractivity contribution in [1.82, 2.24) is 5.32 Å². The molecule has 2 saturated heterocycles. The van der Waals surface area contributed by atoms with Crippen LogP contribution in [0.15, 0.2) is 95.5 Å². The second kappa shape index (κ2) is 17.9. The summed E-state index contributed by atoms with van der Waals surface area (Å²) in [5, 5.41) is 58.3. The zero-order chi connectivity index (χ0) is 39.2. The molecular weight excluding hydrogens is 757 g/mol. The molecule has 2 fully saturated rings. The molecule has 296 valence electrons. The van der Waals surface area contributed by atoms with Gasteiger partial charge in [0.15, 0.2) is 11.7 Å². The molecule has 4 aliphatic rings. The lowest BCUT2D eigenvalue weighted by molar-refractivity contribution is -0.316. The van der Waals surface area contributed by atoms with Gasteiger partial charge in [-0.1, -0.05) is 89.2 Å². The Balaban J connectivity index is 1.15. The highest BCUT2D eigenvalue weighted by Crippen LogP contribution is 2.42. The lowest BCUT2D eigenvalue weighted by atomic mass is 9.77. The maximum absolute atomic E-state index is 12.5. The summed E-state index contributed by atoms with van der Waals surface area (Å²) in [6.45, 7) is 3.21. The van der Waals surface area contributed by atoms with Gasteiger partial charge in [-0.3, -0.25) is 4.99 Å². The van der Waals surface area contributed by atoms with Crippen LogP contribution in [0.25, 0.3) is 17.4 Å². The number of β-amino-alcohol motifs (C(OH)–C–C–N with tert-alkyl or cyclic N) is 1. The molecule has 0 aliphatic carbocycles. The topological polar surface area (TPSA) is 180 Å². The van der Waals surface area contributed by atoms with Crippen LogP contribution in [-0.4, -0.2) is 106 Å². The van der Waals surface area contributed by atoms with Gasteiger partial charge in [-0.25, -0.2) is 4.79 Å². The number of carboxylic acids is 1. The molecule has 56 heavy (non-hydrogen) atoms. The van der Waals surface area contributed by atoms with Crippen LogP contribution in [0.1, 0.15) is 30.0 Å². The van der Waals surface area contributed by atoms with E-state index in [4.69, 9.17) is 18.9 Å². The highest BCUT2D eigenvalue weighted by atomic mass is 33.1. The number of benzene rings is 3. The second-order valence-corrected chi connectivity index (χ2v) is 16.8. The van der Waals surface area contributed by atoms with Crippen molar-refractivity contribution in [3.63, 3.8) is 0 Å². The number of rotatable bonds is 9. The molecule has 0 aromatic heterocycles. The van der Waals surface area contributed by atoms with Gasteiger partial charge < -0.3 is 49.8 Å². The number of aliphatic hydroxyl groups excluding tert-OH is 2. The largest absolute Gasteiger partial charge is 0.508 e. The molecule has 14 heteroatoms. The molecule has 3 aromatic rings. The standard InChI is InChI=1S/C42H46N2O10S2/c1-25(6-5-9-26-7-3-2-4-8-26)32-20-44-23-42(50)39(52-24-56-55-22-34(32)28-16-17-43-19-28)37(47)38(40(48)49)54-41(42)53-30-14-15-31-35(18-30)51-21-33(36(31)46)27-10-12-29(45)13-11-27/h2-5,7-16,18-19,25,32,34,37-39,41,44-47,50H,6,17,20-24H2,1H3,(H,48,49)/b9-5+/t25-,32-,34-,37-,38+,39+,41-,42-/m1/s1. The number of fused-ring (bicyclic) bond motifs is 2. The lowest BCUT2D eigenvalue weighted by Crippen LogP contribution is -2.72. The molecule has 3 aromatic carbocycles. The van der Waals surface area contributed by atoms with Gasteiger partial charge in [-0.2, -0.15) is 0 Å². The summed E-state index contributed by atoms with van der Waals surface area (Å²) in [4.78, 5) is 16.9. The van der Waals surface area contributed by atoms with E-state index >= 15 is 0 Å². The molecule has 0 amide bonds. The van der Waals surface area contributed by atoms with E-state index in [9.17, 15) is 30.3 Å². The number of aliphatic carboxylic acids is 1. The van der Waals surface area contributed by atoms with Gasteiger partial charge in [-0.05, 0) is 71.7 Å². The number of aliphatic hydroxyl groups is 3. The molecule has 8 atom stereocenters. The van der Waals surface area contributed by atoms with Crippen LogP contribution in [0.4, 0.5) is 0 Å². The van der Waals surface area contributed by atoms with Gasteiger partial charge >= 0.3 is 5.97 Å². The molecule has 0 spiro atoms. The first-order valence-electron chi connectivity index (χ1n) is 18.5. The van der Waals surface area contributed by atoms with Crippen LogP contribution >= 0.6 is 21.6 Å². The third kappa shape index (κ3) is 8.81. The summed E-state index contributed by atoms with van der Waals surface area (Å²) in [5.41, 5.74) is 1.84. The molecule has 0 unspecified atom stereocenters. The Morgan fingerprint density at radius 1 is 1.11 bits per heavy atom. The normalized spacial score (nSPS) is 28.9. The summed E-state index contributed by atoms with van der Waals surface area (Å²) in [6, 6.07) is 21.2. The Kier molecular flexibility index (Phi) is 12.8. The molecule has 0 radical (unpaired) electrons. The van der Waals surface area contributed by atoms with Crippen molar-refractivity contribution < 1.29 is 49.3 Å². The average Bonchev–Trinajstić information content (AvgIpc) is 3.73. The first-order chi connectivity index (χ1) is 27.1. The van der Waals surface area contributed by atoms with E-state index in [0.29, 0.717) is 35.5 Å². The Hall–Kier alpha value is -4.28. The maximum Gasteiger partial charge on any atom is 0.335 e. The van der Waals surface area contributed by atoms with Gasteiger partial charge in [0.05, 0.1) is 12.1 Å². The first kappa shape index (κ1) is 39.9. The van der Waals surface area contributed by atoms with E-state index in [1.807, 2.05) is 24.4 Å². The van der Waals surface area contributed by atoms with Crippen LogP contribution in [0.2, 0.25) is 0 Å². The number of phenols is 1. The summed E-state index contributed by atoms with van der Waals surface area (Å²) in [6.07, 6.45) is 2.76. The Labute approximate surface area is 333 Å². The fourth-order valence-corrected chi connectivity index (χ4v) is 9.69. The Morgan fingerprint density at radius 3 is 2.66 bits per heavy atom. The third-order valence-electron chi connectivity index (χ3n) is 10.7. The number of phenolic OH excluding ortho intramolecular Hbond substituents is 1. The van der Waals surface area contributed by atoms with Crippen molar-refractivity contribution in [2.75, 3.05) is 37.9 Å². The van der Waals surface area contributed by atoms with Crippen LogP contribution in [0, 0.1) is 17.8 Å². The van der Waals surface area contributed by atoms with E-state index < -0.39 is 36.2 Å². The highest BCUT2D eigenvalue weighted by molar-refractivity contribution is 8.76. The smallest absolute Gasteiger partial charge is 0.335 e. The first-order valence-corrected chi connectivity index (χ1v) is 21.0. The quantitative estimate of drug-likeness (QED) is 0.143. The fourth-order valence-electron chi connectivity index (χ4n) is 7.64. The minimum atomic E-state index is -2.06. The summed E-state index contributed by atoms with van der Waals surface area (Å²) < 4.78 is 24.3. The minimum Gasteiger partial charge on any atom is -0.508 e. The summed E-state index contributed by atoms with van der Waals surface area (Å²) in [7, 11) is 3.04. The molecule has 4 heterocycles. The van der Waals surface area contributed by atoms with E-state index in [1.54, 1.807) is 35.1 Å². The van der Waals surface area contributed by atoms with E-state index in [0.717, 1.165) is 17.7 Å². The van der Waals surface area contributed by atoms with Crippen molar-refractivity contribution in [1.29, 1.82) is 0 Å². The minimum absolute atomic E-state index is 0.00488. The van der Waals surface area contributed by atoms with Crippen LogP contribution < -0.4 is 14.8 Å². The fraction of sp³-hybridized carbons (Fsp3) is 0.381. The van der Waals surface area contributed by atoms with Gasteiger partial charge in [-0.15, -0.1) is 0 Å². The van der Waals surface area contributed by atoms with Crippen molar-refractivity contribution in [2.45, 2.75) is 43.5 Å². The molecule has 12 nitrogen and oxygen atoms in total. The SMILES string of the molecule is C[C@H](C/C=C/c1ccccc1)[C@H]1CNC[C@]2(O)[C@H](Oc3ccc4c(c3)OCC(c3ccc(O)cc3)=C4O)O[C@H](C(=O)O)[C@@H](O)[C@@H]2OCSSC[C@@H]1C1=CCN=C1. The molecule has 0 saturated carbocycles. The average molecular weight is 803 g/mol. The number of allylic oxidation sites excluding steroid dienone is 2. The van der Waals surface area contributed by atoms with Crippen LogP contribution in [0.3, 0.4) is 0 Å². The van der Waals surface area contributed by atoms with E-state index in [-0.39, 0.29) is 54.1 Å². The van der Waals surface area contributed by atoms with E-state index in [2.05, 4.69) is 47.6 Å². The number of carbonyl (C=O) groups is 1.